The van der Waals surface area contributed by atoms with Gasteiger partial charge in [-0.2, -0.15) is 0 Å². The molecule has 144 valence electrons. The van der Waals surface area contributed by atoms with Gasteiger partial charge in [0, 0.05) is 6.04 Å². The Morgan fingerprint density at radius 2 is 2.08 bits per heavy atom. The summed E-state index contributed by atoms with van der Waals surface area (Å²) in [4.78, 5) is 36.7. The molecule has 2 heterocycles. The zero-order chi connectivity index (χ0) is 19.3. The lowest BCUT2D eigenvalue weighted by Crippen LogP contribution is -2.46. The normalized spacial score (nSPS) is 19.7. The second-order valence-corrected chi connectivity index (χ2v) is 9.62. The molecule has 0 aliphatic carbocycles. The Morgan fingerprint density at radius 3 is 2.62 bits per heavy atom. The number of hydrogen-bond donors (Lipinski definition) is 2. The SMILES string of the molecule is CC(C)[C@@H](NC(=O)c1cccs1)C(=O)OCC(=O)N[C@H]1CCS(=O)(=O)C1. The minimum atomic E-state index is -3.10. The molecule has 10 heteroatoms. The number of carbonyl (C=O) groups is 3. The molecule has 8 nitrogen and oxygen atoms in total. The summed E-state index contributed by atoms with van der Waals surface area (Å²) in [7, 11) is -3.10. The van der Waals surface area contributed by atoms with Crippen LogP contribution in [0.15, 0.2) is 17.5 Å². The number of hydrogen-bond acceptors (Lipinski definition) is 7. The zero-order valence-electron chi connectivity index (χ0n) is 14.6. The van der Waals surface area contributed by atoms with Crippen LogP contribution in [-0.4, -0.2) is 56.4 Å². The van der Waals surface area contributed by atoms with Crippen molar-refractivity contribution in [3.05, 3.63) is 22.4 Å². The molecule has 1 aliphatic rings. The van der Waals surface area contributed by atoms with Gasteiger partial charge in [0.15, 0.2) is 16.4 Å². The highest BCUT2D eigenvalue weighted by Crippen LogP contribution is 2.12. The van der Waals surface area contributed by atoms with Crippen molar-refractivity contribution in [1.29, 1.82) is 0 Å². The lowest BCUT2D eigenvalue weighted by Gasteiger charge is -2.20. The van der Waals surface area contributed by atoms with Crippen LogP contribution in [0.5, 0.6) is 0 Å². The molecule has 0 saturated carbocycles. The molecular formula is C16H22N2O6S2. The summed E-state index contributed by atoms with van der Waals surface area (Å²) in [5, 5.41) is 6.91. The van der Waals surface area contributed by atoms with Gasteiger partial charge in [-0.1, -0.05) is 19.9 Å². The Balaban J connectivity index is 1.83. The molecule has 0 unspecified atom stereocenters. The largest absolute Gasteiger partial charge is 0.454 e. The smallest absolute Gasteiger partial charge is 0.329 e. The lowest BCUT2D eigenvalue weighted by molar-refractivity contribution is -0.151. The minimum absolute atomic E-state index is 0.0436. The molecule has 0 spiro atoms. The van der Waals surface area contributed by atoms with Crippen molar-refractivity contribution in [2.45, 2.75) is 32.4 Å². The third-order valence-electron chi connectivity index (χ3n) is 3.90. The van der Waals surface area contributed by atoms with E-state index < -0.39 is 40.4 Å². The van der Waals surface area contributed by atoms with E-state index in [0.717, 1.165) is 0 Å². The van der Waals surface area contributed by atoms with Gasteiger partial charge in [0.2, 0.25) is 0 Å². The maximum Gasteiger partial charge on any atom is 0.329 e. The third-order valence-corrected chi connectivity index (χ3v) is 6.53. The van der Waals surface area contributed by atoms with E-state index in [4.69, 9.17) is 4.74 Å². The van der Waals surface area contributed by atoms with Gasteiger partial charge in [-0.25, -0.2) is 13.2 Å². The van der Waals surface area contributed by atoms with Crippen molar-refractivity contribution in [3.63, 3.8) is 0 Å². The van der Waals surface area contributed by atoms with Crippen LogP contribution < -0.4 is 10.6 Å². The van der Waals surface area contributed by atoms with E-state index in [2.05, 4.69) is 10.6 Å². The fourth-order valence-corrected chi connectivity index (χ4v) is 4.82. The van der Waals surface area contributed by atoms with Crippen molar-refractivity contribution in [1.82, 2.24) is 10.6 Å². The van der Waals surface area contributed by atoms with Crippen LogP contribution in [-0.2, 0) is 24.2 Å². The first kappa shape index (κ1) is 20.4. The van der Waals surface area contributed by atoms with Gasteiger partial charge in [0.1, 0.15) is 6.04 Å². The van der Waals surface area contributed by atoms with Gasteiger partial charge < -0.3 is 15.4 Å². The highest BCUT2D eigenvalue weighted by atomic mass is 32.2. The number of sulfone groups is 1. The van der Waals surface area contributed by atoms with Gasteiger partial charge in [-0.15, -0.1) is 11.3 Å². The van der Waals surface area contributed by atoms with Gasteiger partial charge in [-0.3, -0.25) is 9.59 Å². The molecule has 1 aromatic rings. The van der Waals surface area contributed by atoms with Gasteiger partial charge in [0.25, 0.3) is 11.8 Å². The van der Waals surface area contributed by atoms with Crippen molar-refractivity contribution < 1.29 is 27.5 Å². The van der Waals surface area contributed by atoms with E-state index in [1.165, 1.54) is 11.3 Å². The summed E-state index contributed by atoms with van der Waals surface area (Å²) in [5.41, 5.74) is 0. The number of carbonyl (C=O) groups excluding carboxylic acids is 3. The Kier molecular flexibility index (Phi) is 6.76. The second kappa shape index (κ2) is 8.63. The Labute approximate surface area is 156 Å². The standard InChI is InChI=1S/C16H22N2O6S2/c1-10(2)14(18-15(20)12-4-3-6-25-12)16(21)24-8-13(19)17-11-5-7-26(22,23)9-11/h3-4,6,10-11,14H,5,7-9H2,1-2H3,(H,17,19)(H,18,20)/t11-,14+/m0/s1. The molecule has 2 N–H and O–H groups in total. The van der Waals surface area contributed by atoms with Crippen LogP contribution in [0.1, 0.15) is 29.9 Å². The predicted octanol–water partition coefficient (Wildman–Crippen LogP) is 0.349. The maximum atomic E-state index is 12.2. The Morgan fingerprint density at radius 1 is 1.35 bits per heavy atom. The molecule has 1 fully saturated rings. The van der Waals surface area contributed by atoms with Gasteiger partial charge in [0.05, 0.1) is 16.4 Å². The summed E-state index contributed by atoms with van der Waals surface area (Å²) < 4.78 is 27.7. The molecule has 1 aliphatic heterocycles. The first-order valence-corrected chi connectivity index (χ1v) is 10.9. The van der Waals surface area contributed by atoms with Crippen LogP contribution in [0.2, 0.25) is 0 Å². The van der Waals surface area contributed by atoms with E-state index in [-0.39, 0.29) is 23.3 Å². The topological polar surface area (TPSA) is 119 Å². The first-order valence-electron chi connectivity index (χ1n) is 8.19. The van der Waals surface area contributed by atoms with Crippen LogP contribution in [0.25, 0.3) is 0 Å². The van der Waals surface area contributed by atoms with E-state index in [0.29, 0.717) is 11.3 Å². The van der Waals surface area contributed by atoms with E-state index in [9.17, 15) is 22.8 Å². The fraction of sp³-hybridized carbons (Fsp3) is 0.562. The number of amides is 2. The molecule has 0 aromatic carbocycles. The number of ether oxygens (including phenoxy) is 1. The van der Waals surface area contributed by atoms with Crippen LogP contribution in [0, 0.1) is 5.92 Å². The predicted molar refractivity (Wildman–Crippen MR) is 96.6 cm³/mol. The van der Waals surface area contributed by atoms with Crippen molar-refractivity contribution in [3.8, 4) is 0 Å². The van der Waals surface area contributed by atoms with E-state index in [1.54, 1.807) is 31.4 Å². The number of rotatable bonds is 7. The minimum Gasteiger partial charge on any atom is -0.454 e. The molecule has 0 radical (unpaired) electrons. The summed E-state index contributed by atoms with van der Waals surface area (Å²) in [6.45, 7) is 2.99. The summed E-state index contributed by atoms with van der Waals surface area (Å²) in [6, 6.07) is 2.04. The van der Waals surface area contributed by atoms with Crippen LogP contribution >= 0.6 is 11.3 Å². The highest BCUT2D eigenvalue weighted by molar-refractivity contribution is 7.91. The average molecular weight is 402 g/mol. The van der Waals surface area contributed by atoms with Crippen molar-refractivity contribution in [2.24, 2.45) is 5.92 Å². The first-order chi connectivity index (χ1) is 12.2. The summed E-state index contributed by atoms with van der Waals surface area (Å²) in [6.07, 6.45) is 0.355. The average Bonchev–Trinajstić information content (AvgIpc) is 3.19. The molecule has 0 bridgehead atoms. The quantitative estimate of drug-likeness (QED) is 0.635. The molecule has 1 saturated heterocycles. The molecular weight excluding hydrogens is 380 g/mol. The van der Waals surface area contributed by atoms with Crippen molar-refractivity contribution in [2.75, 3.05) is 18.1 Å². The van der Waals surface area contributed by atoms with E-state index >= 15 is 0 Å². The Hall–Kier alpha value is -1.94. The molecule has 26 heavy (non-hydrogen) atoms. The second-order valence-electron chi connectivity index (χ2n) is 6.45. The van der Waals surface area contributed by atoms with Crippen molar-refractivity contribution >= 4 is 39.0 Å². The molecule has 2 amide bonds. The van der Waals surface area contributed by atoms with Crippen LogP contribution in [0.4, 0.5) is 0 Å². The summed E-state index contributed by atoms with van der Waals surface area (Å²) in [5.74, 6) is -1.93. The van der Waals surface area contributed by atoms with Gasteiger partial charge >= 0.3 is 5.97 Å². The highest BCUT2D eigenvalue weighted by Gasteiger charge is 2.30. The molecule has 2 rings (SSSR count). The van der Waals surface area contributed by atoms with E-state index in [1.807, 2.05) is 0 Å². The maximum absolute atomic E-state index is 12.2. The number of esters is 1. The van der Waals surface area contributed by atoms with Gasteiger partial charge in [-0.05, 0) is 23.8 Å². The summed E-state index contributed by atoms with van der Waals surface area (Å²) >= 11 is 1.25. The monoisotopic (exact) mass is 402 g/mol. The zero-order valence-corrected chi connectivity index (χ0v) is 16.2. The lowest BCUT2D eigenvalue weighted by atomic mass is 10.0. The molecule has 2 atom stereocenters. The Bertz CT molecular complexity index is 758. The number of thiophene rings is 1. The third kappa shape index (κ3) is 5.80. The van der Waals surface area contributed by atoms with Crippen LogP contribution in [0.3, 0.4) is 0 Å². The molecule has 1 aromatic heterocycles. The fourth-order valence-electron chi connectivity index (χ4n) is 2.52. The number of nitrogens with one attached hydrogen (secondary N) is 2.